The van der Waals surface area contributed by atoms with Crippen molar-refractivity contribution in [3.8, 4) is 44.5 Å². The molecule has 0 saturated carbocycles. The van der Waals surface area contributed by atoms with Crippen LogP contribution >= 0.6 is 11.3 Å². The van der Waals surface area contributed by atoms with Gasteiger partial charge in [0.05, 0.1) is 26.9 Å². The molecule has 4 aliphatic rings. The Hall–Kier alpha value is -8.30. The molecule has 4 aliphatic carbocycles. The summed E-state index contributed by atoms with van der Waals surface area (Å²) < 4.78 is 2.58. The first-order valence-electron chi connectivity index (χ1n) is 27.1. The molecule has 1 heterocycles. The number of anilines is 3. The zero-order valence-corrected chi connectivity index (χ0v) is 44.5. The molecule has 12 aromatic rings. The number of benzene rings is 11. The minimum atomic E-state index is -0.551. The highest BCUT2D eigenvalue weighted by Crippen LogP contribution is 2.67. The SMILES string of the molecule is CC(C)(C)c1ccc2c(c1)C1(c3cc(C(C)(C)C)ccc3-2)c2ccccc2-c2c(N(c3ccc4c(c3)C3(c5ccccc5-c5ccccc53)c3ccccc3-4)c3cccc4c3sc3ccc5ccccc5c34)cccc21. The molecule has 0 unspecified atom stereocenters. The van der Waals surface area contributed by atoms with Crippen LogP contribution in [-0.4, -0.2) is 0 Å². The van der Waals surface area contributed by atoms with Crippen molar-refractivity contribution < 1.29 is 0 Å². The number of thiophene rings is 1. The lowest BCUT2D eigenvalue weighted by Gasteiger charge is -2.34. The van der Waals surface area contributed by atoms with E-state index >= 15 is 0 Å². The van der Waals surface area contributed by atoms with Crippen LogP contribution in [0.2, 0.25) is 0 Å². The van der Waals surface area contributed by atoms with Gasteiger partial charge in [-0.2, -0.15) is 0 Å². The third-order valence-corrected chi connectivity index (χ3v) is 19.2. The lowest BCUT2D eigenvalue weighted by molar-refractivity contribution is 0.586. The van der Waals surface area contributed by atoms with E-state index in [1.54, 1.807) is 0 Å². The molecule has 2 heteroatoms. The van der Waals surface area contributed by atoms with E-state index in [4.69, 9.17) is 0 Å². The molecule has 1 nitrogen and oxygen atoms in total. The first-order valence-corrected chi connectivity index (χ1v) is 27.9. The highest BCUT2D eigenvalue weighted by atomic mass is 32.1. The minimum Gasteiger partial charge on any atom is -0.308 e. The van der Waals surface area contributed by atoms with Crippen molar-refractivity contribution in [3.05, 3.63) is 280 Å². The molecule has 0 fully saturated rings. The minimum absolute atomic E-state index is 0.0413. The maximum absolute atomic E-state index is 2.66. The topological polar surface area (TPSA) is 3.24 Å². The molecule has 0 bridgehead atoms. The van der Waals surface area contributed by atoms with E-state index in [2.05, 4.69) is 271 Å². The fourth-order valence-electron chi connectivity index (χ4n) is 14.7. The molecule has 362 valence electrons. The summed E-state index contributed by atoms with van der Waals surface area (Å²) in [7, 11) is 0. The first kappa shape index (κ1) is 44.0. The summed E-state index contributed by atoms with van der Waals surface area (Å²) in [4.78, 5) is 2.66. The van der Waals surface area contributed by atoms with E-state index in [1.807, 2.05) is 11.3 Å². The summed E-state index contributed by atoms with van der Waals surface area (Å²) in [5.74, 6) is 0. The summed E-state index contributed by atoms with van der Waals surface area (Å²) in [5, 5.41) is 5.18. The molecule has 11 aromatic carbocycles. The Labute approximate surface area is 449 Å². The van der Waals surface area contributed by atoms with Crippen molar-refractivity contribution in [1.82, 2.24) is 0 Å². The number of hydrogen-bond acceptors (Lipinski definition) is 2. The third kappa shape index (κ3) is 5.55. The van der Waals surface area contributed by atoms with E-state index < -0.39 is 10.8 Å². The number of rotatable bonds is 3. The molecule has 0 amide bonds. The van der Waals surface area contributed by atoms with Crippen LogP contribution in [-0.2, 0) is 21.7 Å². The number of nitrogens with zero attached hydrogens (tertiary/aromatic N) is 1. The average Bonchev–Trinajstić information content (AvgIpc) is 4.25. The van der Waals surface area contributed by atoms with Gasteiger partial charge in [-0.3, -0.25) is 0 Å². The Morgan fingerprint density at radius 2 is 0.789 bits per heavy atom. The Morgan fingerprint density at radius 1 is 0.342 bits per heavy atom. The van der Waals surface area contributed by atoms with E-state index in [9.17, 15) is 0 Å². The second kappa shape index (κ2) is 15.2. The number of fused-ring (bicyclic) bond motifs is 25. The van der Waals surface area contributed by atoms with Gasteiger partial charge in [-0.25, -0.2) is 0 Å². The maximum Gasteiger partial charge on any atom is 0.0726 e. The molecule has 76 heavy (non-hydrogen) atoms. The molecule has 0 saturated heterocycles. The Morgan fingerprint density at radius 3 is 1.39 bits per heavy atom. The summed E-state index contributed by atoms with van der Waals surface area (Å²) >= 11 is 1.92. The fraction of sp³-hybridized carbons (Fsp3) is 0.135. The third-order valence-electron chi connectivity index (χ3n) is 18.0. The van der Waals surface area contributed by atoms with Crippen LogP contribution in [0, 0.1) is 0 Å². The lowest BCUT2D eigenvalue weighted by atomic mass is 9.69. The van der Waals surface area contributed by atoms with Gasteiger partial charge in [-0.15, -0.1) is 11.3 Å². The number of hydrogen-bond donors (Lipinski definition) is 0. The summed E-state index contributed by atoms with van der Waals surface area (Å²) in [6.07, 6.45) is 0. The predicted molar refractivity (Wildman–Crippen MR) is 322 cm³/mol. The zero-order valence-electron chi connectivity index (χ0n) is 43.7. The Bertz CT molecular complexity index is 4380. The molecule has 0 N–H and O–H groups in total. The van der Waals surface area contributed by atoms with Crippen LogP contribution in [0.4, 0.5) is 17.1 Å². The largest absolute Gasteiger partial charge is 0.308 e. The molecule has 2 spiro atoms. The lowest BCUT2D eigenvalue weighted by Crippen LogP contribution is -2.27. The monoisotopic (exact) mass is 989 g/mol. The van der Waals surface area contributed by atoms with Crippen molar-refractivity contribution in [2.24, 2.45) is 0 Å². The van der Waals surface area contributed by atoms with Crippen LogP contribution in [0.3, 0.4) is 0 Å². The van der Waals surface area contributed by atoms with Gasteiger partial charge in [0.25, 0.3) is 0 Å². The molecular formula is C74H55NS. The second-order valence-corrected chi connectivity index (χ2v) is 24.9. The van der Waals surface area contributed by atoms with E-state index in [0.29, 0.717) is 0 Å². The fourth-order valence-corrected chi connectivity index (χ4v) is 15.9. The van der Waals surface area contributed by atoms with E-state index in [1.165, 1.54) is 142 Å². The van der Waals surface area contributed by atoms with Gasteiger partial charge >= 0.3 is 0 Å². The van der Waals surface area contributed by atoms with Crippen molar-refractivity contribution >= 4 is 59.3 Å². The van der Waals surface area contributed by atoms with E-state index in [0.717, 1.165) is 5.69 Å². The second-order valence-electron chi connectivity index (χ2n) is 23.9. The van der Waals surface area contributed by atoms with E-state index in [-0.39, 0.29) is 10.8 Å². The molecule has 0 radical (unpaired) electrons. The standard InChI is InChI=1S/C74H55NS/c1-71(2,3)45-34-37-52-53-38-35-46(72(4,5)6)42-63(53)74(62(52)41-45)60-29-16-12-24-55(60)69-61(74)30-18-31-65(69)75(66-32-17-25-56-68-48-20-8-7-19-44(48)33-40-67(68)76-70(56)66)47-36-39-54-51-23-11-15-28-59(51)73(64(54)43-47)57-26-13-9-21-49(57)50-22-10-14-27-58(50)73/h7-43H,1-6H3. The van der Waals surface area contributed by atoms with Crippen molar-refractivity contribution in [3.63, 3.8) is 0 Å². The normalized spacial score (nSPS) is 14.7. The summed E-state index contributed by atoms with van der Waals surface area (Å²) in [6, 6.07) is 87.0. The first-order chi connectivity index (χ1) is 37.0. The van der Waals surface area contributed by atoms with Crippen molar-refractivity contribution in [2.45, 2.75) is 63.2 Å². The van der Waals surface area contributed by atoms with Crippen LogP contribution in [0.5, 0.6) is 0 Å². The molecular weight excluding hydrogens is 935 g/mol. The maximum atomic E-state index is 2.66. The van der Waals surface area contributed by atoms with Crippen molar-refractivity contribution in [2.75, 3.05) is 4.90 Å². The molecule has 16 rings (SSSR count). The quantitative estimate of drug-likeness (QED) is 0.171. The van der Waals surface area contributed by atoms with Crippen molar-refractivity contribution in [1.29, 1.82) is 0 Å². The van der Waals surface area contributed by atoms with Gasteiger partial charge in [0.1, 0.15) is 0 Å². The van der Waals surface area contributed by atoms with Crippen LogP contribution < -0.4 is 4.90 Å². The average molecular weight is 990 g/mol. The van der Waals surface area contributed by atoms with Gasteiger partial charge in [-0.1, -0.05) is 236 Å². The van der Waals surface area contributed by atoms with Crippen LogP contribution in [0.25, 0.3) is 75.5 Å². The molecule has 1 aromatic heterocycles. The van der Waals surface area contributed by atoms with Gasteiger partial charge in [0.15, 0.2) is 0 Å². The summed E-state index contributed by atoms with van der Waals surface area (Å²) in [6.45, 7) is 14.1. The van der Waals surface area contributed by atoms with Gasteiger partial charge in [-0.05, 0) is 147 Å². The molecule has 0 aliphatic heterocycles. The predicted octanol–water partition coefficient (Wildman–Crippen LogP) is 20.0. The Balaban J connectivity index is 1.03. The zero-order chi connectivity index (χ0) is 51.0. The van der Waals surface area contributed by atoms with Crippen LogP contribution in [0.1, 0.15) is 97.2 Å². The highest BCUT2D eigenvalue weighted by Gasteiger charge is 2.54. The van der Waals surface area contributed by atoms with Crippen LogP contribution in [0.15, 0.2) is 224 Å². The smallest absolute Gasteiger partial charge is 0.0726 e. The van der Waals surface area contributed by atoms with Gasteiger partial charge in [0, 0.05) is 26.7 Å². The van der Waals surface area contributed by atoms with Gasteiger partial charge < -0.3 is 4.90 Å². The highest BCUT2D eigenvalue weighted by molar-refractivity contribution is 7.26. The van der Waals surface area contributed by atoms with Gasteiger partial charge in [0.2, 0.25) is 0 Å². The summed E-state index contributed by atoms with van der Waals surface area (Å²) in [5.41, 5.74) is 26.4. The Kier molecular flexibility index (Phi) is 8.80. The molecule has 0 atom stereocenters.